The monoisotopic (exact) mass is 392 g/mol. The average molecular weight is 392 g/mol. The van der Waals surface area contributed by atoms with Crippen LogP contribution in [-0.2, 0) is 14.3 Å². The van der Waals surface area contributed by atoms with Crippen LogP contribution >= 0.6 is 0 Å². The lowest BCUT2D eigenvalue weighted by Gasteiger charge is -2.30. The SMILES string of the molecule is COCCNC(=O)NC(=O)CN1CCC(C(=O)Nc2ccccc2OC)CC1. The van der Waals surface area contributed by atoms with E-state index in [1.807, 2.05) is 17.0 Å². The van der Waals surface area contributed by atoms with Gasteiger partial charge in [0.2, 0.25) is 11.8 Å². The fourth-order valence-electron chi connectivity index (χ4n) is 3.02. The van der Waals surface area contributed by atoms with E-state index in [2.05, 4.69) is 16.0 Å². The standard InChI is InChI=1S/C19H28N4O5/c1-27-12-9-20-19(26)22-17(24)13-23-10-7-14(8-11-23)18(25)21-15-5-3-4-6-16(15)28-2/h3-6,14H,7-13H2,1-2H3,(H,21,25)(H2,20,22,24,26). The molecule has 0 aromatic heterocycles. The maximum atomic E-state index is 12.5. The van der Waals surface area contributed by atoms with Crippen molar-refractivity contribution in [2.75, 3.05) is 52.3 Å². The molecule has 1 aliphatic heterocycles. The lowest BCUT2D eigenvalue weighted by Crippen LogP contribution is -2.47. The van der Waals surface area contributed by atoms with Crippen molar-refractivity contribution < 1.29 is 23.9 Å². The van der Waals surface area contributed by atoms with Crippen LogP contribution in [0.25, 0.3) is 0 Å². The van der Waals surface area contributed by atoms with Gasteiger partial charge in [-0.25, -0.2) is 4.79 Å². The van der Waals surface area contributed by atoms with E-state index in [1.54, 1.807) is 19.2 Å². The van der Waals surface area contributed by atoms with Crippen molar-refractivity contribution in [1.82, 2.24) is 15.5 Å². The third-order valence-corrected chi connectivity index (χ3v) is 4.54. The van der Waals surface area contributed by atoms with Gasteiger partial charge in [-0.05, 0) is 38.1 Å². The van der Waals surface area contributed by atoms with Gasteiger partial charge >= 0.3 is 6.03 Å². The first-order chi connectivity index (χ1) is 13.5. The summed E-state index contributed by atoms with van der Waals surface area (Å²) in [4.78, 5) is 37.9. The molecule has 0 atom stereocenters. The molecular formula is C19H28N4O5. The summed E-state index contributed by atoms with van der Waals surface area (Å²) in [5.41, 5.74) is 0.649. The number of nitrogens with one attached hydrogen (secondary N) is 3. The van der Waals surface area contributed by atoms with Crippen LogP contribution in [0.2, 0.25) is 0 Å². The molecule has 154 valence electrons. The zero-order valence-corrected chi connectivity index (χ0v) is 16.3. The molecule has 1 saturated heterocycles. The molecule has 1 aromatic rings. The minimum absolute atomic E-state index is 0.0499. The average Bonchev–Trinajstić information content (AvgIpc) is 2.69. The fourth-order valence-corrected chi connectivity index (χ4v) is 3.02. The molecule has 1 heterocycles. The smallest absolute Gasteiger partial charge is 0.321 e. The van der Waals surface area contributed by atoms with Gasteiger partial charge in [-0.15, -0.1) is 0 Å². The molecule has 0 aliphatic carbocycles. The van der Waals surface area contributed by atoms with Crippen molar-refractivity contribution in [3.05, 3.63) is 24.3 Å². The molecule has 9 nitrogen and oxygen atoms in total. The summed E-state index contributed by atoms with van der Waals surface area (Å²) in [6, 6.07) is 6.74. The number of benzene rings is 1. The maximum Gasteiger partial charge on any atom is 0.321 e. The molecule has 0 bridgehead atoms. The van der Waals surface area contributed by atoms with Gasteiger partial charge in [-0.3, -0.25) is 19.8 Å². The minimum Gasteiger partial charge on any atom is -0.495 e. The highest BCUT2D eigenvalue weighted by molar-refractivity contribution is 5.95. The summed E-state index contributed by atoms with van der Waals surface area (Å²) in [5, 5.41) is 7.73. The molecule has 9 heteroatoms. The Labute approximate surface area is 164 Å². The Kier molecular flexibility index (Phi) is 8.70. The third kappa shape index (κ3) is 6.82. The summed E-state index contributed by atoms with van der Waals surface area (Å²) in [7, 11) is 3.09. The van der Waals surface area contributed by atoms with E-state index >= 15 is 0 Å². The van der Waals surface area contributed by atoms with Crippen LogP contribution < -0.4 is 20.7 Å². The summed E-state index contributed by atoms with van der Waals surface area (Å²) >= 11 is 0. The van der Waals surface area contributed by atoms with Crippen LogP contribution in [0, 0.1) is 5.92 Å². The highest BCUT2D eigenvalue weighted by Crippen LogP contribution is 2.25. The highest BCUT2D eigenvalue weighted by Gasteiger charge is 2.26. The van der Waals surface area contributed by atoms with E-state index in [0.717, 1.165) is 0 Å². The molecule has 0 radical (unpaired) electrons. The Balaban J connectivity index is 1.72. The number of carbonyl (C=O) groups is 3. The number of likely N-dealkylation sites (tertiary alicyclic amines) is 1. The molecule has 1 aliphatic rings. The van der Waals surface area contributed by atoms with Gasteiger partial charge in [0.25, 0.3) is 0 Å². The van der Waals surface area contributed by atoms with E-state index in [1.165, 1.54) is 7.11 Å². The fraction of sp³-hybridized carbons (Fsp3) is 0.526. The predicted octanol–water partition coefficient (Wildman–Crippen LogP) is 0.818. The highest BCUT2D eigenvalue weighted by atomic mass is 16.5. The third-order valence-electron chi connectivity index (χ3n) is 4.54. The van der Waals surface area contributed by atoms with E-state index < -0.39 is 6.03 Å². The Morgan fingerprint density at radius 3 is 2.54 bits per heavy atom. The first-order valence-electron chi connectivity index (χ1n) is 9.26. The molecule has 1 aromatic carbocycles. The molecule has 1 fully saturated rings. The van der Waals surface area contributed by atoms with Crippen LogP contribution in [0.5, 0.6) is 5.75 Å². The number of imide groups is 1. The second kappa shape index (κ2) is 11.3. The van der Waals surface area contributed by atoms with E-state index in [-0.39, 0.29) is 24.3 Å². The van der Waals surface area contributed by atoms with Crippen LogP contribution in [0.4, 0.5) is 10.5 Å². The zero-order valence-electron chi connectivity index (χ0n) is 16.3. The lowest BCUT2D eigenvalue weighted by atomic mass is 9.95. The van der Waals surface area contributed by atoms with Crippen LogP contribution in [0.15, 0.2) is 24.3 Å². The number of urea groups is 1. The van der Waals surface area contributed by atoms with Crippen molar-refractivity contribution >= 4 is 23.5 Å². The Bertz CT molecular complexity index is 674. The van der Waals surface area contributed by atoms with Crippen LogP contribution in [-0.4, -0.2) is 69.8 Å². The summed E-state index contributed by atoms with van der Waals surface area (Å²) in [6.45, 7) is 2.07. The molecule has 28 heavy (non-hydrogen) atoms. The number of anilines is 1. The first kappa shape index (κ1) is 21.6. The largest absolute Gasteiger partial charge is 0.495 e. The second-order valence-electron chi connectivity index (χ2n) is 6.54. The van der Waals surface area contributed by atoms with Gasteiger partial charge in [0.15, 0.2) is 0 Å². The number of rotatable bonds is 8. The van der Waals surface area contributed by atoms with E-state index in [4.69, 9.17) is 9.47 Å². The number of piperidine rings is 1. The number of carbonyl (C=O) groups excluding carboxylic acids is 3. The van der Waals surface area contributed by atoms with Gasteiger partial charge in [0.1, 0.15) is 5.75 Å². The number of methoxy groups -OCH3 is 2. The zero-order chi connectivity index (χ0) is 20.4. The van der Waals surface area contributed by atoms with Gasteiger partial charge in [-0.1, -0.05) is 12.1 Å². The number of amides is 4. The van der Waals surface area contributed by atoms with Crippen molar-refractivity contribution in [3.63, 3.8) is 0 Å². The maximum absolute atomic E-state index is 12.5. The summed E-state index contributed by atoms with van der Waals surface area (Å²) in [6.07, 6.45) is 1.29. The Morgan fingerprint density at radius 1 is 1.14 bits per heavy atom. The minimum atomic E-state index is -0.534. The second-order valence-corrected chi connectivity index (χ2v) is 6.54. The Morgan fingerprint density at radius 2 is 1.86 bits per heavy atom. The normalized spacial score (nSPS) is 14.9. The van der Waals surface area contributed by atoms with E-state index in [9.17, 15) is 14.4 Å². The van der Waals surface area contributed by atoms with Gasteiger partial charge < -0.3 is 20.1 Å². The molecule has 2 rings (SSSR count). The molecule has 0 unspecified atom stereocenters. The molecule has 0 spiro atoms. The lowest BCUT2D eigenvalue weighted by molar-refractivity contribution is -0.122. The van der Waals surface area contributed by atoms with E-state index in [0.29, 0.717) is 50.5 Å². The van der Waals surface area contributed by atoms with Crippen molar-refractivity contribution in [2.24, 2.45) is 5.92 Å². The predicted molar refractivity (Wildman–Crippen MR) is 104 cm³/mol. The van der Waals surface area contributed by atoms with Crippen molar-refractivity contribution in [1.29, 1.82) is 0 Å². The van der Waals surface area contributed by atoms with Crippen LogP contribution in [0.1, 0.15) is 12.8 Å². The number of nitrogens with zero attached hydrogens (tertiary/aromatic N) is 1. The van der Waals surface area contributed by atoms with Gasteiger partial charge in [0, 0.05) is 19.6 Å². The molecule has 0 saturated carbocycles. The quantitative estimate of drug-likeness (QED) is 0.565. The topological polar surface area (TPSA) is 109 Å². The van der Waals surface area contributed by atoms with Crippen molar-refractivity contribution in [2.45, 2.75) is 12.8 Å². The number of hydrogen-bond donors (Lipinski definition) is 3. The number of para-hydroxylation sites is 2. The van der Waals surface area contributed by atoms with Crippen LogP contribution in [0.3, 0.4) is 0 Å². The summed E-state index contributed by atoms with van der Waals surface area (Å²) < 4.78 is 10.1. The molecule has 4 amide bonds. The molecular weight excluding hydrogens is 364 g/mol. The van der Waals surface area contributed by atoms with Gasteiger partial charge in [0.05, 0.1) is 25.9 Å². The van der Waals surface area contributed by atoms with Crippen molar-refractivity contribution in [3.8, 4) is 5.75 Å². The van der Waals surface area contributed by atoms with Gasteiger partial charge in [-0.2, -0.15) is 0 Å². The first-order valence-corrected chi connectivity index (χ1v) is 9.26. The summed E-state index contributed by atoms with van der Waals surface area (Å²) in [5.74, 6) is 0.0771. The number of ether oxygens (including phenoxy) is 2. The Hall–Kier alpha value is -2.65. The molecule has 3 N–H and O–H groups in total. The number of hydrogen-bond acceptors (Lipinski definition) is 6.